The van der Waals surface area contributed by atoms with Gasteiger partial charge in [0.25, 0.3) is 0 Å². The third kappa shape index (κ3) is 2.72. The van der Waals surface area contributed by atoms with Gasteiger partial charge in [-0.25, -0.2) is 13.1 Å². The van der Waals surface area contributed by atoms with Gasteiger partial charge in [0.15, 0.2) is 0 Å². The van der Waals surface area contributed by atoms with Crippen LogP contribution >= 0.6 is 0 Å². The predicted octanol–water partition coefficient (Wildman–Crippen LogP) is 0.452. The molecule has 3 N–H and O–H groups in total. The Morgan fingerprint density at radius 1 is 1.44 bits per heavy atom. The second kappa shape index (κ2) is 5.29. The molecular weight excluding hydrogens is 228 g/mol. The van der Waals surface area contributed by atoms with Crippen molar-refractivity contribution >= 4 is 10.0 Å². The fourth-order valence-electron chi connectivity index (χ4n) is 1.35. The van der Waals surface area contributed by atoms with E-state index in [1.54, 1.807) is 13.0 Å². The van der Waals surface area contributed by atoms with Crippen LogP contribution in [0.15, 0.2) is 23.1 Å². The molecule has 0 saturated heterocycles. The fraction of sp³-hybridized carbons (Fsp3) is 0.400. The number of methoxy groups -OCH3 is 1. The lowest BCUT2D eigenvalue weighted by Crippen LogP contribution is -2.23. The summed E-state index contributed by atoms with van der Waals surface area (Å²) in [5.41, 5.74) is 6.19. The van der Waals surface area contributed by atoms with E-state index in [-0.39, 0.29) is 11.4 Å². The molecule has 0 atom stereocenters. The Morgan fingerprint density at radius 2 is 2.12 bits per heavy atom. The van der Waals surface area contributed by atoms with E-state index >= 15 is 0 Å². The van der Waals surface area contributed by atoms with Crippen LogP contribution in [0.1, 0.15) is 12.5 Å². The van der Waals surface area contributed by atoms with Gasteiger partial charge in [-0.15, -0.1) is 0 Å². The van der Waals surface area contributed by atoms with Crippen LogP contribution in [0.2, 0.25) is 0 Å². The SMILES string of the molecule is CCNS(=O)(=O)c1ccc(OC)c(CN)c1. The van der Waals surface area contributed by atoms with Crippen LogP contribution in [0, 0.1) is 0 Å². The normalized spacial score (nSPS) is 11.4. The maximum absolute atomic E-state index is 11.7. The molecule has 0 saturated carbocycles. The van der Waals surface area contributed by atoms with Crippen LogP contribution in [-0.2, 0) is 16.6 Å². The van der Waals surface area contributed by atoms with E-state index in [0.717, 1.165) is 0 Å². The van der Waals surface area contributed by atoms with Crippen LogP contribution in [-0.4, -0.2) is 22.1 Å². The number of nitrogens with two attached hydrogens (primary N) is 1. The molecule has 0 aliphatic carbocycles. The highest BCUT2D eigenvalue weighted by Crippen LogP contribution is 2.21. The number of hydrogen-bond donors (Lipinski definition) is 2. The molecule has 1 rings (SSSR count). The highest BCUT2D eigenvalue weighted by atomic mass is 32.2. The Hall–Kier alpha value is -1.11. The summed E-state index contributed by atoms with van der Waals surface area (Å²) in [7, 11) is -1.91. The van der Waals surface area contributed by atoms with Crippen molar-refractivity contribution in [3.8, 4) is 5.75 Å². The van der Waals surface area contributed by atoms with E-state index in [1.807, 2.05) is 0 Å². The third-order valence-corrected chi connectivity index (χ3v) is 3.66. The molecule has 1 aromatic carbocycles. The molecule has 5 nitrogen and oxygen atoms in total. The summed E-state index contributed by atoms with van der Waals surface area (Å²) >= 11 is 0. The maximum atomic E-state index is 11.7. The lowest BCUT2D eigenvalue weighted by molar-refractivity contribution is 0.409. The van der Waals surface area contributed by atoms with Crippen molar-refractivity contribution in [2.75, 3.05) is 13.7 Å². The largest absolute Gasteiger partial charge is 0.496 e. The second-order valence-electron chi connectivity index (χ2n) is 3.18. The predicted molar refractivity (Wildman–Crippen MR) is 61.7 cm³/mol. The van der Waals surface area contributed by atoms with Gasteiger partial charge in [-0.3, -0.25) is 0 Å². The van der Waals surface area contributed by atoms with Crippen molar-refractivity contribution < 1.29 is 13.2 Å². The Bertz CT molecular complexity index is 457. The smallest absolute Gasteiger partial charge is 0.240 e. The molecular formula is C10H16N2O3S. The first kappa shape index (κ1) is 13.0. The average molecular weight is 244 g/mol. The van der Waals surface area contributed by atoms with E-state index in [9.17, 15) is 8.42 Å². The van der Waals surface area contributed by atoms with E-state index in [2.05, 4.69) is 4.72 Å². The molecule has 0 aliphatic rings. The quantitative estimate of drug-likeness (QED) is 0.788. The minimum Gasteiger partial charge on any atom is -0.496 e. The minimum atomic E-state index is -3.43. The molecule has 0 radical (unpaired) electrons. The van der Waals surface area contributed by atoms with Gasteiger partial charge in [-0.05, 0) is 18.2 Å². The van der Waals surface area contributed by atoms with Gasteiger partial charge in [-0.1, -0.05) is 6.92 Å². The van der Waals surface area contributed by atoms with Crippen molar-refractivity contribution in [3.05, 3.63) is 23.8 Å². The second-order valence-corrected chi connectivity index (χ2v) is 4.95. The van der Waals surface area contributed by atoms with Gasteiger partial charge in [0.05, 0.1) is 12.0 Å². The first-order chi connectivity index (χ1) is 7.55. The van der Waals surface area contributed by atoms with Gasteiger partial charge < -0.3 is 10.5 Å². The summed E-state index contributed by atoms with van der Waals surface area (Å²) in [5.74, 6) is 0.595. The minimum absolute atomic E-state index is 0.204. The van der Waals surface area contributed by atoms with Crippen molar-refractivity contribution in [1.82, 2.24) is 4.72 Å². The molecule has 0 unspecified atom stereocenters. The zero-order valence-corrected chi connectivity index (χ0v) is 10.2. The summed E-state index contributed by atoms with van der Waals surface area (Å²) < 4.78 is 30.9. The zero-order chi connectivity index (χ0) is 12.2. The average Bonchev–Trinajstić information content (AvgIpc) is 2.28. The van der Waals surface area contributed by atoms with Crippen LogP contribution in [0.3, 0.4) is 0 Å². The van der Waals surface area contributed by atoms with E-state index in [1.165, 1.54) is 19.2 Å². The Balaban J connectivity index is 3.18. The summed E-state index contributed by atoms with van der Waals surface area (Å²) in [6.07, 6.45) is 0. The number of nitrogens with one attached hydrogen (secondary N) is 1. The molecule has 90 valence electrons. The van der Waals surface area contributed by atoms with Crippen molar-refractivity contribution in [2.45, 2.75) is 18.4 Å². The molecule has 0 spiro atoms. The van der Waals surface area contributed by atoms with Crippen molar-refractivity contribution in [1.29, 1.82) is 0 Å². The highest BCUT2D eigenvalue weighted by Gasteiger charge is 2.14. The molecule has 0 aliphatic heterocycles. The van der Waals surface area contributed by atoms with Gasteiger partial charge in [0.1, 0.15) is 5.75 Å². The third-order valence-electron chi connectivity index (χ3n) is 2.12. The number of rotatable bonds is 5. The number of sulfonamides is 1. The molecule has 16 heavy (non-hydrogen) atoms. The van der Waals surface area contributed by atoms with Crippen molar-refractivity contribution in [3.63, 3.8) is 0 Å². The molecule has 1 aromatic rings. The monoisotopic (exact) mass is 244 g/mol. The zero-order valence-electron chi connectivity index (χ0n) is 9.36. The summed E-state index contributed by atoms with van der Waals surface area (Å²) in [5, 5.41) is 0. The van der Waals surface area contributed by atoms with Crippen LogP contribution in [0.5, 0.6) is 5.75 Å². The van der Waals surface area contributed by atoms with E-state index in [4.69, 9.17) is 10.5 Å². The number of benzene rings is 1. The summed E-state index contributed by atoms with van der Waals surface area (Å²) in [6.45, 7) is 2.32. The first-order valence-corrected chi connectivity index (χ1v) is 6.40. The van der Waals surface area contributed by atoms with Crippen LogP contribution in [0.25, 0.3) is 0 Å². The lowest BCUT2D eigenvalue weighted by atomic mass is 10.2. The van der Waals surface area contributed by atoms with E-state index in [0.29, 0.717) is 17.9 Å². The molecule has 6 heteroatoms. The molecule has 0 heterocycles. The van der Waals surface area contributed by atoms with Crippen molar-refractivity contribution in [2.24, 2.45) is 5.73 Å². The van der Waals surface area contributed by atoms with Gasteiger partial charge >= 0.3 is 0 Å². The summed E-state index contributed by atoms with van der Waals surface area (Å²) in [4.78, 5) is 0.204. The Morgan fingerprint density at radius 3 is 2.62 bits per heavy atom. The number of ether oxygens (including phenoxy) is 1. The maximum Gasteiger partial charge on any atom is 0.240 e. The molecule has 0 aromatic heterocycles. The summed E-state index contributed by atoms with van der Waals surface area (Å²) in [6, 6.07) is 4.62. The number of hydrogen-bond acceptors (Lipinski definition) is 4. The van der Waals surface area contributed by atoms with Crippen LogP contribution < -0.4 is 15.2 Å². The fourth-order valence-corrected chi connectivity index (χ4v) is 2.45. The van der Waals surface area contributed by atoms with Crippen LogP contribution in [0.4, 0.5) is 0 Å². The molecule has 0 amide bonds. The topological polar surface area (TPSA) is 81.4 Å². The standard InChI is InChI=1S/C10H16N2O3S/c1-3-12-16(13,14)9-4-5-10(15-2)8(6-9)7-11/h4-6,12H,3,7,11H2,1-2H3. The first-order valence-electron chi connectivity index (χ1n) is 4.91. The Labute approximate surface area is 95.7 Å². The van der Waals surface area contributed by atoms with Gasteiger partial charge in [-0.2, -0.15) is 0 Å². The van der Waals surface area contributed by atoms with Gasteiger partial charge in [0, 0.05) is 18.7 Å². The Kier molecular flexibility index (Phi) is 4.28. The lowest BCUT2D eigenvalue weighted by Gasteiger charge is -2.09. The molecule has 0 fully saturated rings. The highest BCUT2D eigenvalue weighted by molar-refractivity contribution is 7.89. The van der Waals surface area contributed by atoms with E-state index < -0.39 is 10.0 Å². The van der Waals surface area contributed by atoms with Gasteiger partial charge in [0.2, 0.25) is 10.0 Å². The molecule has 0 bridgehead atoms.